The Kier molecular flexibility index (Phi) is 3.97. The molecule has 1 N–H and O–H groups in total. The van der Waals surface area contributed by atoms with Crippen molar-refractivity contribution in [2.75, 3.05) is 13.6 Å². The maximum atomic E-state index is 10.6. The van der Waals surface area contributed by atoms with Crippen LogP contribution in [-0.2, 0) is 16.7 Å². The second-order valence-electron chi connectivity index (χ2n) is 5.60. The van der Waals surface area contributed by atoms with Crippen LogP contribution in [0.1, 0.15) is 24.0 Å². The molecule has 1 atom stereocenters. The zero-order valence-corrected chi connectivity index (χ0v) is 12.8. The molecule has 2 heterocycles. The first-order valence-corrected chi connectivity index (χ1v) is 8.20. The van der Waals surface area contributed by atoms with Gasteiger partial charge in [-0.2, -0.15) is 8.42 Å². The van der Waals surface area contributed by atoms with E-state index in [1.54, 1.807) is 0 Å². The molecule has 1 aromatic carbocycles. The summed E-state index contributed by atoms with van der Waals surface area (Å²) < 4.78 is 21.1. The third kappa shape index (κ3) is 3.10. The average molecular weight is 302 g/mol. The van der Waals surface area contributed by atoms with Crippen LogP contribution < -0.4 is 0 Å². The number of likely N-dealkylation sites (tertiary alicyclic amines) is 1. The molecule has 0 radical (unpaired) electrons. The molecular weight excluding hydrogens is 284 g/mol. The first-order valence-electron chi connectivity index (χ1n) is 7.12. The van der Waals surface area contributed by atoms with Crippen molar-refractivity contribution in [3.63, 3.8) is 0 Å². The van der Waals surface area contributed by atoms with Crippen molar-refractivity contribution in [3.8, 4) is 0 Å². The van der Waals surface area contributed by atoms with Gasteiger partial charge >= 0.3 is 0 Å². The van der Waals surface area contributed by atoms with Gasteiger partial charge in [0.2, 0.25) is 0 Å². The van der Waals surface area contributed by atoms with E-state index in [4.69, 9.17) is 0 Å². The van der Waals surface area contributed by atoms with Crippen LogP contribution in [0, 0.1) is 0 Å². The van der Waals surface area contributed by atoms with Crippen molar-refractivity contribution in [1.29, 1.82) is 0 Å². The zero-order chi connectivity index (χ0) is 14.8. The van der Waals surface area contributed by atoms with E-state index in [9.17, 15) is 8.42 Å². The molecular formula is C16H18N2O2S. The van der Waals surface area contributed by atoms with Crippen LogP contribution in [-0.4, -0.2) is 43.0 Å². The lowest BCUT2D eigenvalue weighted by Gasteiger charge is -2.18. The van der Waals surface area contributed by atoms with Crippen LogP contribution >= 0.6 is 0 Å². The first kappa shape index (κ1) is 14.1. The number of aromatic amines is 1. The second kappa shape index (κ2) is 5.90. The van der Waals surface area contributed by atoms with Crippen molar-refractivity contribution in [2.24, 2.45) is 0 Å². The molecule has 21 heavy (non-hydrogen) atoms. The number of nitrogens with one attached hydrogen (secondary N) is 1. The average Bonchev–Trinajstić information content (AvgIpc) is 3.04. The summed E-state index contributed by atoms with van der Waals surface area (Å²) in [6.07, 6.45) is 7.11. The van der Waals surface area contributed by atoms with Crippen molar-refractivity contribution < 1.29 is 8.42 Å². The van der Waals surface area contributed by atoms with E-state index in [1.165, 1.54) is 36.4 Å². The Balaban J connectivity index is 1.96. The number of rotatable bonds is 3. The fraction of sp³-hybridized carbons (Fsp3) is 0.375. The Morgan fingerprint density at radius 2 is 2.33 bits per heavy atom. The Hall–Kier alpha value is -1.81. The summed E-state index contributed by atoms with van der Waals surface area (Å²) in [5.74, 6) is 0. The van der Waals surface area contributed by atoms with E-state index < -0.39 is 10.3 Å². The number of hydrogen-bond donors (Lipinski definition) is 1. The Bertz CT molecular complexity index is 821. The molecule has 4 nitrogen and oxygen atoms in total. The van der Waals surface area contributed by atoms with Crippen LogP contribution in [0.3, 0.4) is 0 Å². The van der Waals surface area contributed by atoms with E-state index in [2.05, 4.69) is 28.2 Å². The van der Waals surface area contributed by atoms with E-state index in [0.29, 0.717) is 6.04 Å². The number of fused-ring (bicyclic) bond motifs is 1. The van der Waals surface area contributed by atoms with Gasteiger partial charge in [-0.05, 0) is 56.1 Å². The van der Waals surface area contributed by atoms with Gasteiger partial charge in [0.1, 0.15) is 0 Å². The molecule has 1 fully saturated rings. The minimum Gasteiger partial charge on any atom is -0.361 e. The topological polar surface area (TPSA) is 53.2 Å². The lowest BCUT2D eigenvalue weighted by molar-refractivity contribution is 0.310. The van der Waals surface area contributed by atoms with Crippen LogP contribution in [0.4, 0.5) is 0 Å². The molecule has 1 unspecified atom stereocenters. The maximum absolute atomic E-state index is 10.6. The van der Waals surface area contributed by atoms with Crippen molar-refractivity contribution in [3.05, 3.63) is 35.5 Å². The van der Waals surface area contributed by atoms with E-state index in [0.717, 1.165) is 17.5 Å². The summed E-state index contributed by atoms with van der Waals surface area (Å²) in [7, 11) is -0.0943. The molecule has 2 aromatic rings. The maximum Gasteiger partial charge on any atom is 0.260 e. The van der Waals surface area contributed by atoms with Crippen LogP contribution in [0.25, 0.3) is 17.0 Å². The predicted octanol–water partition coefficient (Wildman–Crippen LogP) is 2.10. The van der Waals surface area contributed by atoms with Gasteiger partial charge in [0.25, 0.3) is 10.3 Å². The summed E-state index contributed by atoms with van der Waals surface area (Å²) in [6.45, 7) is 1.17. The molecule has 0 spiro atoms. The van der Waals surface area contributed by atoms with Gasteiger partial charge in [-0.25, -0.2) is 0 Å². The molecule has 0 bridgehead atoms. The number of benzene rings is 1. The van der Waals surface area contributed by atoms with Gasteiger partial charge in [-0.1, -0.05) is 6.07 Å². The molecule has 1 aliphatic heterocycles. The molecule has 0 aliphatic carbocycles. The van der Waals surface area contributed by atoms with Crippen LogP contribution in [0.15, 0.2) is 24.4 Å². The SMILES string of the molecule is CN1CCCC1Cc1c[nH]c2ccc(C=C=S(=O)=O)cc12. The number of hydrogen-bond acceptors (Lipinski definition) is 3. The fourth-order valence-electron chi connectivity index (χ4n) is 3.06. The smallest absolute Gasteiger partial charge is 0.260 e. The summed E-state index contributed by atoms with van der Waals surface area (Å²) in [5, 5.41) is 3.46. The molecule has 1 aromatic heterocycles. The molecule has 1 aliphatic rings. The molecule has 0 amide bonds. The Morgan fingerprint density at radius 1 is 1.48 bits per heavy atom. The quantitative estimate of drug-likeness (QED) is 0.883. The van der Waals surface area contributed by atoms with Gasteiger partial charge in [0.15, 0.2) is 0 Å². The van der Waals surface area contributed by atoms with Gasteiger partial charge in [-0.15, -0.1) is 0 Å². The molecule has 110 valence electrons. The standard InChI is InChI=1S/C16H18N2O2S/c1-18-7-2-3-14(18)10-13-11-17-16-5-4-12(9-15(13)16)6-8-21(19)20/h4-6,9,11,14,17H,2-3,7,10H2,1H3. The highest BCUT2D eigenvalue weighted by atomic mass is 32.2. The van der Waals surface area contributed by atoms with E-state index in [1.807, 2.05) is 18.2 Å². The van der Waals surface area contributed by atoms with Gasteiger partial charge < -0.3 is 9.88 Å². The summed E-state index contributed by atoms with van der Waals surface area (Å²) >= 11 is 0. The Morgan fingerprint density at radius 3 is 3.05 bits per heavy atom. The van der Waals surface area contributed by atoms with Gasteiger partial charge in [0, 0.05) is 34.2 Å². The molecule has 0 saturated carbocycles. The number of H-pyrrole nitrogens is 1. The Labute approximate surface area is 125 Å². The van der Waals surface area contributed by atoms with E-state index in [-0.39, 0.29) is 0 Å². The van der Waals surface area contributed by atoms with Crippen molar-refractivity contribution in [2.45, 2.75) is 25.3 Å². The highest BCUT2D eigenvalue weighted by Gasteiger charge is 2.21. The highest BCUT2D eigenvalue weighted by Crippen LogP contribution is 2.25. The molecule has 1 saturated heterocycles. The summed E-state index contributed by atoms with van der Waals surface area (Å²) in [4.78, 5) is 5.71. The van der Waals surface area contributed by atoms with Gasteiger partial charge in [-0.3, -0.25) is 0 Å². The van der Waals surface area contributed by atoms with Crippen molar-refractivity contribution >= 4 is 32.3 Å². The monoisotopic (exact) mass is 302 g/mol. The van der Waals surface area contributed by atoms with Crippen LogP contribution in [0.2, 0.25) is 0 Å². The zero-order valence-electron chi connectivity index (χ0n) is 12.0. The fourth-order valence-corrected chi connectivity index (χ4v) is 3.29. The van der Waals surface area contributed by atoms with E-state index >= 15 is 0 Å². The minimum absolute atomic E-state index is 0.601. The number of likely N-dealkylation sites (N-methyl/N-ethyl adjacent to an activating group) is 1. The number of nitrogens with zero attached hydrogens (tertiary/aromatic N) is 1. The lowest BCUT2D eigenvalue weighted by atomic mass is 10.0. The minimum atomic E-state index is -2.27. The largest absolute Gasteiger partial charge is 0.361 e. The molecule has 3 rings (SSSR count). The van der Waals surface area contributed by atoms with Gasteiger partial charge in [0.05, 0.1) is 0 Å². The normalized spacial score (nSPS) is 18.8. The summed E-state index contributed by atoms with van der Waals surface area (Å²) in [5.41, 5.74) is 3.24. The highest BCUT2D eigenvalue weighted by molar-refractivity contribution is 7.71. The first-order chi connectivity index (χ1) is 10.1. The summed E-state index contributed by atoms with van der Waals surface area (Å²) in [6, 6.07) is 6.50. The lowest BCUT2D eigenvalue weighted by Crippen LogP contribution is -2.26. The molecule has 5 heteroatoms. The third-order valence-electron chi connectivity index (χ3n) is 4.24. The van der Waals surface area contributed by atoms with Crippen molar-refractivity contribution in [1.82, 2.24) is 9.88 Å². The number of aromatic nitrogens is 1. The van der Waals surface area contributed by atoms with Crippen LogP contribution in [0.5, 0.6) is 0 Å². The third-order valence-corrected chi connectivity index (χ3v) is 4.55. The predicted molar refractivity (Wildman–Crippen MR) is 86.0 cm³/mol. The second-order valence-corrected chi connectivity index (χ2v) is 6.30.